The third kappa shape index (κ3) is 3.19. The lowest BCUT2D eigenvalue weighted by molar-refractivity contribution is 0.173. The van der Waals surface area contributed by atoms with E-state index in [4.69, 9.17) is 5.73 Å². The van der Waals surface area contributed by atoms with Crippen molar-refractivity contribution in [2.24, 2.45) is 0 Å². The zero-order valence-corrected chi connectivity index (χ0v) is 10.3. The van der Waals surface area contributed by atoms with Crippen LogP contribution in [-0.4, -0.2) is 42.8 Å². The molecule has 2 rings (SSSR count). The van der Waals surface area contributed by atoms with Crippen molar-refractivity contribution in [3.05, 3.63) is 29.8 Å². The summed E-state index contributed by atoms with van der Waals surface area (Å²) in [4.78, 5) is 2.29. The van der Waals surface area contributed by atoms with Crippen molar-refractivity contribution in [1.29, 1.82) is 0 Å². The predicted molar refractivity (Wildman–Crippen MR) is 69.7 cm³/mol. The van der Waals surface area contributed by atoms with Gasteiger partial charge in [0.1, 0.15) is 0 Å². The third-order valence-corrected chi connectivity index (χ3v) is 3.38. The standard InChI is InChI=1S/C13H21N3O/c1-15-13(9-16-7-6-12(17)8-16)10-2-4-11(14)5-3-10/h2-5,12-13,15,17H,6-9,14H2,1H3/t12-,13+/m0/s1. The molecule has 0 saturated carbocycles. The first-order valence-corrected chi connectivity index (χ1v) is 6.12. The number of likely N-dealkylation sites (N-methyl/N-ethyl adjacent to an activating group) is 1. The quantitative estimate of drug-likeness (QED) is 0.669. The number of hydrogen-bond donors (Lipinski definition) is 3. The first-order chi connectivity index (χ1) is 8.19. The Balaban J connectivity index is 1.98. The molecule has 4 heteroatoms. The highest BCUT2D eigenvalue weighted by Gasteiger charge is 2.22. The minimum absolute atomic E-state index is 0.154. The van der Waals surface area contributed by atoms with Crippen molar-refractivity contribution < 1.29 is 5.11 Å². The zero-order chi connectivity index (χ0) is 12.3. The van der Waals surface area contributed by atoms with E-state index >= 15 is 0 Å². The topological polar surface area (TPSA) is 61.5 Å². The average Bonchev–Trinajstić information content (AvgIpc) is 2.73. The number of aliphatic hydroxyl groups is 1. The average molecular weight is 235 g/mol. The largest absolute Gasteiger partial charge is 0.399 e. The molecule has 0 aromatic heterocycles. The van der Waals surface area contributed by atoms with Gasteiger partial charge in [-0.05, 0) is 31.2 Å². The number of nitrogens with two attached hydrogens (primary N) is 1. The molecule has 17 heavy (non-hydrogen) atoms. The minimum atomic E-state index is -0.154. The lowest BCUT2D eigenvalue weighted by atomic mass is 10.1. The molecule has 2 atom stereocenters. The van der Waals surface area contributed by atoms with Gasteiger partial charge in [0.05, 0.1) is 6.10 Å². The molecule has 0 unspecified atom stereocenters. The van der Waals surface area contributed by atoms with Crippen LogP contribution in [0.25, 0.3) is 0 Å². The number of β-amino-alcohol motifs (C(OH)–C–C–N with tert-alkyl or cyclic N) is 1. The number of anilines is 1. The number of nitrogen functional groups attached to an aromatic ring is 1. The Morgan fingerprint density at radius 2 is 2.18 bits per heavy atom. The van der Waals surface area contributed by atoms with Crippen molar-refractivity contribution >= 4 is 5.69 Å². The maximum Gasteiger partial charge on any atom is 0.0679 e. The number of hydrogen-bond acceptors (Lipinski definition) is 4. The van der Waals surface area contributed by atoms with Gasteiger partial charge in [-0.1, -0.05) is 12.1 Å². The number of likely N-dealkylation sites (tertiary alicyclic amines) is 1. The summed E-state index contributed by atoms with van der Waals surface area (Å²) in [5.74, 6) is 0. The molecule has 1 fully saturated rings. The molecule has 4 N–H and O–H groups in total. The lowest BCUT2D eigenvalue weighted by Crippen LogP contribution is -2.33. The normalized spacial score (nSPS) is 22.8. The first kappa shape index (κ1) is 12.4. The summed E-state index contributed by atoms with van der Waals surface area (Å²) >= 11 is 0. The summed E-state index contributed by atoms with van der Waals surface area (Å²) in [5, 5.41) is 12.8. The molecule has 1 aromatic carbocycles. The second-order valence-electron chi connectivity index (χ2n) is 4.71. The Hall–Kier alpha value is -1.10. The maximum absolute atomic E-state index is 9.51. The second-order valence-corrected chi connectivity index (χ2v) is 4.71. The summed E-state index contributed by atoms with van der Waals surface area (Å²) in [6, 6.07) is 8.27. The van der Waals surface area contributed by atoms with Gasteiger partial charge in [0.15, 0.2) is 0 Å². The van der Waals surface area contributed by atoms with E-state index in [1.54, 1.807) is 0 Å². The van der Waals surface area contributed by atoms with E-state index in [-0.39, 0.29) is 6.10 Å². The van der Waals surface area contributed by atoms with E-state index in [2.05, 4.69) is 22.3 Å². The zero-order valence-electron chi connectivity index (χ0n) is 10.3. The summed E-state index contributed by atoms with van der Waals surface area (Å²) in [7, 11) is 1.97. The van der Waals surface area contributed by atoms with E-state index < -0.39 is 0 Å². The minimum Gasteiger partial charge on any atom is -0.399 e. The van der Waals surface area contributed by atoms with Gasteiger partial charge in [-0.2, -0.15) is 0 Å². The molecular weight excluding hydrogens is 214 g/mol. The monoisotopic (exact) mass is 235 g/mol. The molecule has 1 saturated heterocycles. The van der Waals surface area contributed by atoms with Crippen LogP contribution >= 0.6 is 0 Å². The van der Waals surface area contributed by atoms with Gasteiger partial charge in [0, 0.05) is 31.4 Å². The molecule has 1 heterocycles. The molecule has 1 aliphatic heterocycles. The van der Waals surface area contributed by atoms with Gasteiger partial charge < -0.3 is 16.2 Å². The molecule has 94 valence electrons. The Morgan fingerprint density at radius 3 is 2.71 bits per heavy atom. The number of nitrogens with zero attached hydrogens (tertiary/aromatic N) is 1. The smallest absolute Gasteiger partial charge is 0.0679 e. The lowest BCUT2D eigenvalue weighted by Gasteiger charge is -2.23. The maximum atomic E-state index is 9.51. The molecule has 1 aromatic rings. The summed E-state index contributed by atoms with van der Waals surface area (Å²) in [6.45, 7) is 2.69. The van der Waals surface area contributed by atoms with Crippen LogP contribution < -0.4 is 11.1 Å². The fourth-order valence-corrected chi connectivity index (χ4v) is 2.33. The van der Waals surface area contributed by atoms with Crippen molar-refractivity contribution in [2.45, 2.75) is 18.6 Å². The third-order valence-electron chi connectivity index (χ3n) is 3.38. The van der Waals surface area contributed by atoms with E-state index in [0.29, 0.717) is 6.04 Å². The first-order valence-electron chi connectivity index (χ1n) is 6.12. The van der Waals surface area contributed by atoms with Crippen LogP contribution in [0.3, 0.4) is 0 Å². The highest BCUT2D eigenvalue weighted by molar-refractivity contribution is 5.40. The van der Waals surface area contributed by atoms with Crippen LogP contribution in [0.2, 0.25) is 0 Å². The Kier molecular flexibility index (Phi) is 3.99. The fourth-order valence-electron chi connectivity index (χ4n) is 2.33. The van der Waals surface area contributed by atoms with Crippen molar-refractivity contribution in [2.75, 3.05) is 32.4 Å². The SMILES string of the molecule is CN[C@H](CN1CC[C@H](O)C1)c1ccc(N)cc1. The van der Waals surface area contributed by atoms with Gasteiger partial charge in [-0.3, -0.25) is 4.90 Å². The highest BCUT2D eigenvalue weighted by atomic mass is 16.3. The van der Waals surface area contributed by atoms with E-state index in [1.165, 1.54) is 5.56 Å². The second kappa shape index (κ2) is 5.49. The molecule has 0 radical (unpaired) electrons. The number of aliphatic hydroxyl groups excluding tert-OH is 1. The Labute approximate surface area is 102 Å². The van der Waals surface area contributed by atoms with Crippen LogP contribution in [0.15, 0.2) is 24.3 Å². The predicted octanol–water partition coefficient (Wildman–Crippen LogP) is 0.596. The number of nitrogens with one attached hydrogen (secondary N) is 1. The van der Waals surface area contributed by atoms with E-state index in [1.807, 2.05) is 19.2 Å². The number of benzene rings is 1. The highest BCUT2D eigenvalue weighted by Crippen LogP contribution is 2.18. The van der Waals surface area contributed by atoms with E-state index in [0.717, 1.165) is 31.7 Å². The van der Waals surface area contributed by atoms with Crippen molar-refractivity contribution in [3.63, 3.8) is 0 Å². The summed E-state index contributed by atoms with van der Waals surface area (Å²) in [6.07, 6.45) is 0.733. The summed E-state index contributed by atoms with van der Waals surface area (Å²) < 4.78 is 0. The fraction of sp³-hybridized carbons (Fsp3) is 0.538. The summed E-state index contributed by atoms with van der Waals surface area (Å²) in [5.41, 5.74) is 7.72. The van der Waals surface area contributed by atoms with E-state index in [9.17, 15) is 5.11 Å². The van der Waals surface area contributed by atoms with Gasteiger partial charge >= 0.3 is 0 Å². The molecule has 4 nitrogen and oxygen atoms in total. The number of rotatable bonds is 4. The molecule has 0 spiro atoms. The van der Waals surface area contributed by atoms with Gasteiger partial charge in [0.2, 0.25) is 0 Å². The molecule has 0 aliphatic carbocycles. The molecular formula is C13H21N3O. The Morgan fingerprint density at radius 1 is 1.47 bits per heavy atom. The molecule has 0 amide bonds. The van der Waals surface area contributed by atoms with Crippen molar-refractivity contribution in [1.82, 2.24) is 10.2 Å². The van der Waals surface area contributed by atoms with Crippen LogP contribution in [-0.2, 0) is 0 Å². The van der Waals surface area contributed by atoms with Crippen LogP contribution in [0.5, 0.6) is 0 Å². The van der Waals surface area contributed by atoms with Gasteiger partial charge in [0.25, 0.3) is 0 Å². The molecule has 1 aliphatic rings. The van der Waals surface area contributed by atoms with Crippen LogP contribution in [0, 0.1) is 0 Å². The van der Waals surface area contributed by atoms with Crippen molar-refractivity contribution in [3.8, 4) is 0 Å². The van der Waals surface area contributed by atoms with Gasteiger partial charge in [-0.25, -0.2) is 0 Å². The molecule has 0 bridgehead atoms. The van der Waals surface area contributed by atoms with Crippen LogP contribution in [0.4, 0.5) is 5.69 Å². The Bertz CT molecular complexity index is 352. The van der Waals surface area contributed by atoms with Gasteiger partial charge in [-0.15, -0.1) is 0 Å². The van der Waals surface area contributed by atoms with Crippen LogP contribution in [0.1, 0.15) is 18.0 Å².